The summed E-state index contributed by atoms with van der Waals surface area (Å²) in [5, 5.41) is 0. The van der Waals surface area contributed by atoms with E-state index in [0.29, 0.717) is 23.3 Å². The third-order valence-corrected chi connectivity index (χ3v) is 3.80. The van der Waals surface area contributed by atoms with Crippen molar-refractivity contribution in [2.45, 2.75) is 12.4 Å². The Hall–Kier alpha value is -2.83. The van der Waals surface area contributed by atoms with Crippen LogP contribution >= 0.6 is 0 Å². The summed E-state index contributed by atoms with van der Waals surface area (Å²) >= 11 is 0. The molecule has 26 heavy (non-hydrogen) atoms. The molecule has 0 amide bonds. The van der Waals surface area contributed by atoms with Gasteiger partial charge in [-0.15, -0.1) is 0 Å². The molecule has 1 nitrogen and oxygen atoms in total. The molecule has 134 valence electrons. The lowest BCUT2D eigenvalue weighted by atomic mass is 9.96. The standard InChI is InChI=1S/C19H11F6N/c20-18(21,22)15-9-8-13(11-16(15)19(23,24)25)17-14(7-4-10-26-17)12-5-2-1-3-6-12/h1-11H. The molecular formula is C19H11F6N. The lowest BCUT2D eigenvalue weighted by Gasteiger charge is -2.17. The summed E-state index contributed by atoms with van der Waals surface area (Å²) in [6.45, 7) is 0. The fourth-order valence-corrected chi connectivity index (χ4v) is 2.66. The number of nitrogens with zero attached hydrogens (tertiary/aromatic N) is 1. The Bertz CT molecular complexity index is 913. The molecule has 0 saturated heterocycles. The van der Waals surface area contributed by atoms with Crippen LogP contribution in [0.2, 0.25) is 0 Å². The number of rotatable bonds is 2. The Balaban J connectivity index is 2.21. The van der Waals surface area contributed by atoms with E-state index in [1.54, 1.807) is 42.5 Å². The van der Waals surface area contributed by atoms with Gasteiger partial charge in [0.1, 0.15) is 0 Å². The minimum atomic E-state index is -5.14. The van der Waals surface area contributed by atoms with Crippen molar-refractivity contribution in [1.82, 2.24) is 4.98 Å². The summed E-state index contributed by atoms with van der Waals surface area (Å²) in [6, 6.07) is 14.0. The predicted octanol–water partition coefficient (Wildman–Crippen LogP) is 6.45. The average Bonchev–Trinajstić information content (AvgIpc) is 2.60. The summed E-state index contributed by atoms with van der Waals surface area (Å²) in [6.07, 6.45) is -8.86. The smallest absolute Gasteiger partial charge is 0.256 e. The number of hydrogen-bond donors (Lipinski definition) is 0. The maximum atomic E-state index is 13.2. The van der Waals surface area contributed by atoms with Crippen LogP contribution in [-0.4, -0.2) is 4.98 Å². The van der Waals surface area contributed by atoms with Crippen molar-refractivity contribution in [2.24, 2.45) is 0 Å². The molecule has 3 aromatic rings. The molecule has 0 saturated carbocycles. The molecule has 0 atom stereocenters. The number of pyridine rings is 1. The number of halogens is 6. The van der Waals surface area contributed by atoms with Crippen LogP contribution in [0.15, 0.2) is 66.9 Å². The largest absolute Gasteiger partial charge is 0.417 e. The van der Waals surface area contributed by atoms with E-state index >= 15 is 0 Å². The quantitative estimate of drug-likeness (QED) is 0.474. The first-order valence-electron chi connectivity index (χ1n) is 7.47. The second kappa shape index (κ2) is 6.48. The molecule has 0 N–H and O–H groups in total. The Labute approximate surface area is 144 Å². The molecule has 0 aliphatic carbocycles. The number of aromatic nitrogens is 1. The van der Waals surface area contributed by atoms with Gasteiger partial charge in [0.25, 0.3) is 0 Å². The first kappa shape index (κ1) is 18.0. The maximum absolute atomic E-state index is 13.2. The van der Waals surface area contributed by atoms with E-state index in [4.69, 9.17) is 0 Å². The number of benzene rings is 2. The summed E-state index contributed by atoms with van der Waals surface area (Å²) < 4.78 is 78.4. The van der Waals surface area contributed by atoms with E-state index in [9.17, 15) is 26.3 Å². The zero-order valence-electron chi connectivity index (χ0n) is 13.1. The highest BCUT2D eigenvalue weighted by molar-refractivity contribution is 5.81. The van der Waals surface area contributed by atoms with Crippen molar-refractivity contribution in [3.05, 3.63) is 78.0 Å². The second-order valence-corrected chi connectivity index (χ2v) is 5.52. The van der Waals surface area contributed by atoms with Gasteiger partial charge in [0.2, 0.25) is 0 Å². The van der Waals surface area contributed by atoms with Crippen LogP contribution in [0.4, 0.5) is 26.3 Å². The Morgan fingerprint density at radius 2 is 1.27 bits per heavy atom. The Kier molecular flexibility index (Phi) is 4.48. The van der Waals surface area contributed by atoms with E-state index in [-0.39, 0.29) is 11.3 Å². The van der Waals surface area contributed by atoms with Crippen LogP contribution in [0.1, 0.15) is 11.1 Å². The highest BCUT2D eigenvalue weighted by Gasteiger charge is 2.43. The molecule has 0 aliphatic rings. The third kappa shape index (κ3) is 3.56. The topological polar surface area (TPSA) is 12.9 Å². The molecule has 0 fully saturated rings. The van der Waals surface area contributed by atoms with Crippen molar-refractivity contribution in [3.8, 4) is 22.4 Å². The van der Waals surface area contributed by atoms with Crippen LogP contribution in [0.3, 0.4) is 0 Å². The molecule has 0 spiro atoms. The zero-order chi connectivity index (χ0) is 18.9. The second-order valence-electron chi connectivity index (χ2n) is 5.52. The zero-order valence-corrected chi connectivity index (χ0v) is 13.1. The van der Waals surface area contributed by atoms with Gasteiger partial charge in [-0.25, -0.2) is 0 Å². The minimum Gasteiger partial charge on any atom is -0.256 e. The van der Waals surface area contributed by atoms with E-state index < -0.39 is 23.5 Å². The summed E-state index contributed by atoms with van der Waals surface area (Å²) in [4.78, 5) is 4.09. The predicted molar refractivity (Wildman–Crippen MR) is 85.1 cm³/mol. The number of alkyl halides is 6. The molecule has 1 heterocycles. The molecule has 7 heteroatoms. The first-order valence-corrected chi connectivity index (χ1v) is 7.47. The highest BCUT2D eigenvalue weighted by atomic mass is 19.4. The summed E-state index contributed by atoms with van der Waals surface area (Å²) in [7, 11) is 0. The Morgan fingerprint density at radius 3 is 1.88 bits per heavy atom. The molecule has 0 aliphatic heterocycles. The van der Waals surface area contributed by atoms with E-state index in [2.05, 4.69) is 4.98 Å². The van der Waals surface area contributed by atoms with Gasteiger partial charge in [-0.3, -0.25) is 4.98 Å². The fraction of sp³-hybridized carbons (Fsp3) is 0.105. The molecule has 2 aromatic carbocycles. The normalized spacial score (nSPS) is 12.2. The van der Waals surface area contributed by atoms with Gasteiger partial charge in [-0.05, 0) is 23.8 Å². The van der Waals surface area contributed by atoms with Crippen molar-refractivity contribution in [1.29, 1.82) is 0 Å². The SMILES string of the molecule is FC(F)(F)c1ccc(-c2ncccc2-c2ccccc2)cc1C(F)(F)F. The highest BCUT2D eigenvalue weighted by Crippen LogP contribution is 2.42. The molecular weight excluding hydrogens is 356 g/mol. The lowest BCUT2D eigenvalue weighted by Crippen LogP contribution is -2.16. The van der Waals surface area contributed by atoms with Gasteiger partial charge in [-0.1, -0.05) is 42.5 Å². The van der Waals surface area contributed by atoms with E-state index in [1.807, 2.05) is 0 Å². The van der Waals surface area contributed by atoms with Crippen LogP contribution in [0.5, 0.6) is 0 Å². The molecule has 0 bridgehead atoms. The average molecular weight is 367 g/mol. The molecule has 3 rings (SSSR count). The van der Waals surface area contributed by atoms with Crippen LogP contribution in [-0.2, 0) is 12.4 Å². The van der Waals surface area contributed by atoms with Crippen LogP contribution < -0.4 is 0 Å². The third-order valence-electron chi connectivity index (χ3n) is 3.80. The monoisotopic (exact) mass is 367 g/mol. The lowest BCUT2D eigenvalue weighted by molar-refractivity contribution is -0.162. The van der Waals surface area contributed by atoms with Gasteiger partial charge in [0.15, 0.2) is 0 Å². The maximum Gasteiger partial charge on any atom is 0.417 e. The minimum absolute atomic E-state index is 0.0372. The number of hydrogen-bond acceptors (Lipinski definition) is 1. The van der Waals surface area contributed by atoms with E-state index in [1.165, 1.54) is 6.20 Å². The van der Waals surface area contributed by atoms with E-state index in [0.717, 1.165) is 6.07 Å². The van der Waals surface area contributed by atoms with Crippen LogP contribution in [0.25, 0.3) is 22.4 Å². The summed E-state index contributed by atoms with van der Waals surface area (Å²) in [5.41, 5.74) is -2.08. The molecule has 0 radical (unpaired) electrons. The van der Waals surface area contributed by atoms with Gasteiger partial charge in [-0.2, -0.15) is 26.3 Å². The summed E-state index contributed by atoms with van der Waals surface area (Å²) in [5.74, 6) is 0. The molecule has 0 unspecified atom stereocenters. The van der Waals surface area contributed by atoms with Gasteiger partial charge < -0.3 is 0 Å². The van der Waals surface area contributed by atoms with Gasteiger partial charge >= 0.3 is 12.4 Å². The molecule has 1 aromatic heterocycles. The fourth-order valence-electron chi connectivity index (χ4n) is 2.66. The van der Waals surface area contributed by atoms with Crippen molar-refractivity contribution in [3.63, 3.8) is 0 Å². The van der Waals surface area contributed by atoms with Crippen LogP contribution in [0, 0.1) is 0 Å². The Morgan fingerprint density at radius 1 is 0.615 bits per heavy atom. The van der Waals surface area contributed by atoms with Gasteiger partial charge in [0, 0.05) is 17.3 Å². The van der Waals surface area contributed by atoms with Crippen molar-refractivity contribution < 1.29 is 26.3 Å². The van der Waals surface area contributed by atoms with Crippen molar-refractivity contribution in [2.75, 3.05) is 0 Å². The van der Waals surface area contributed by atoms with Crippen molar-refractivity contribution >= 4 is 0 Å². The first-order chi connectivity index (χ1) is 12.2. The van der Waals surface area contributed by atoms with Gasteiger partial charge in [0.05, 0.1) is 16.8 Å².